The van der Waals surface area contributed by atoms with Gasteiger partial charge in [0.2, 0.25) is 5.91 Å². The molecular formula is C14H14F6N4O. The van der Waals surface area contributed by atoms with E-state index < -0.39 is 47.8 Å². The van der Waals surface area contributed by atoms with Crippen LogP contribution >= 0.6 is 0 Å². The van der Waals surface area contributed by atoms with E-state index in [9.17, 15) is 31.1 Å². The summed E-state index contributed by atoms with van der Waals surface area (Å²) in [4.78, 5) is 12.1. The summed E-state index contributed by atoms with van der Waals surface area (Å²) in [5, 5.41) is 10.8. The van der Waals surface area contributed by atoms with Crippen LogP contribution in [0.25, 0.3) is 0 Å². The van der Waals surface area contributed by atoms with Crippen LogP contribution in [0.2, 0.25) is 0 Å². The highest BCUT2D eigenvalue weighted by molar-refractivity contribution is 5.97. The van der Waals surface area contributed by atoms with Gasteiger partial charge in [-0.05, 0) is 31.5 Å². The van der Waals surface area contributed by atoms with Crippen molar-refractivity contribution < 1.29 is 31.1 Å². The Kier molecular flexibility index (Phi) is 6.04. The van der Waals surface area contributed by atoms with Crippen molar-refractivity contribution in [3.05, 3.63) is 29.3 Å². The number of anilines is 1. The highest BCUT2D eigenvalue weighted by Gasteiger charge is 2.38. The average molecular weight is 368 g/mol. The summed E-state index contributed by atoms with van der Waals surface area (Å²) in [5.41, 5.74) is -2.16. The Bertz CT molecular complexity index is 679. The van der Waals surface area contributed by atoms with Gasteiger partial charge in [-0.1, -0.05) is 0 Å². The SMILES string of the molecule is C[C@](CCC(F)(F)F)(NN)C(=O)Nc1ccc(C#N)c(C(F)(F)F)c1. The van der Waals surface area contributed by atoms with Crippen LogP contribution < -0.4 is 16.6 Å². The normalized spacial score (nSPS) is 14.5. The third-order valence-electron chi connectivity index (χ3n) is 3.43. The van der Waals surface area contributed by atoms with Crippen molar-refractivity contribution in [3.8, 4) is 6.07 Å². The molecule has 1 aromatic carbocycles. The lowest BCUT2D eigenvalue weighted by molar-refractivity contribution is -0.142. The number of nitrogens with one attached hydrogen (secondary N) is 2. The fraction of sp³-hybridized carbons (Fsp3) is 0.429. The lowest BCUT2D eigenvalue weighted by Crippen LogP contribution is -2.55. The topological polar surface area (TPSA) is 90.9 Å². The number of nitriles is 1. The maximum absolute atomic E-state index is 12.9. The van der Waals surface area contributed by atoms with Crippen LogP contribution in [0.3, 0.4) is 0 Å². The van der Waals surface area contributed by atoms with E-state index in [4.69, 9.17) is 11.1 Å². The van der Waals surface area contributed by atoms with E-state index >= 15 is 0 Å². The number of carbonyl (C=O) groups excluding carboxylic acids is 1. The first-order valence-electron chi connectivity index (χ1n) is 6.80. The van der Waals surface area contributed by atoms with Crippen LogP contribution in [0.15, 0.2) is 18.2 Å². The molecule has 0 saturated heterocycles. The highest BCUT2D eigenvalue weighted by atomic mass is 19.4. The molecule has 1 atom stereocenters. The van der Waals surface area contributed by atoms with Gasteiger partial charge in [-0.2, -0.15) is 31.6 Å². The second kappa shape index (κ2) is 7.28. The third kappa shape index (κ3) is 5.61. The standard InChI is InChI=1S/C14H14F6N4O/c1-12(24-22,4-5-13(15,16)17)11(25)23-9-3-2-8(7-21)10(6-9)14(18,19)20/h2-3,6,24H,4-5,22H2,1H3,(H,23,25)/t12-/m1/s1. The third-order valence-corrected chi connectivity index (χ3v) is 3.43. The second-order valence-electron chi connectivity index (χ2n) is 5.42. The molecule has 1 rings (SSSR count). The summed E-state index contributed by atoms with van der Waals surface area (Å²) in [6.45, 7) is 1.09. The van der Waals surface area contributed by atoms with E-state index in [1.807, 2.05) is 5.43 Å². The minimum Gasteiger partial charge on any atom is -0.324 e. The van der Waals surface area contributed by atoms with Crippen LogP contribution in [-0.4, -0.2) is 17.6 Å². The van der Waals surface area contributed by atoms with Crippen molar-refractivity contribution in [2.75, 3.05) is 5.32 Å². The quantitative estimate of drug-likeness (QED) is 0.423. The van der Waals surface area contributed by atoms with E-state index in [0.717, 1.165) is 19.1 Å². The fourth-order valence-corrected chi connectivity index (χ4v) is 1.87. The number of hydrazine groups is 1. The van der Waals surface area contributed by atoms with E-state index in [2.05, 4.69) is 5.32 Å². The molecular weight excluding hydrogens is 354 g/mol. The number of amides is 1. The minimum absolute atomic E-state index is 0.329. The number of hydrogen-bond donors (Lipinski definition) is 3. The molecule has 0 aromatic heterocycles. The van der Waals surface area contributed by atoms with E-state index in [0.29, 0.717) is 6.07 Å². The van der Waals surface area contributed by atoms with Gasteiger partial charge in [-0.15, -0.1) is 0 Å². The Morgan fingerprint density at radius 2 is 1.80 bits per heavy atom. The summed E-state index contributed by atoms with van der Waals surface area (Å²) >= 11 is 0. The molecule has 0 fully saturated rings. The molecule has 1 amide bonds. The molecule has 0 bridgehead atoms. The number of alkyl halides is 6. The molecule has 138 valence electrons. The molecule has 5 nitrogen and oxygen atoms in total. The Morgan fingerprint density at radius 1 is 1.20 bits per heavy atom. The number of benzene rings is 1. The van der Waals surface area contributed by atoms with E-state index in [1.54, 1.807) is 0 Å². The second-order valence-corrected chi connectivity index (χ2v) is 5.42. The summed E-state index contributed by atoms with van der Waals surface area (Å²) in [6.07, 6.45) is -11.4. The van der Waals surface area contributed by atoms with Crippen molar-refractivity contribution in [2.24, 2.45) is 5.84 Å². The van der Waals surface area contributed by atoms with Gasteiger partial charge in [0.1, 0.15) is 5.54 Å². The van der Waals surface area contributed by atoms with E-state index in [-0.39, 0.29) is 5.69 Å². The first-order chi connectivity index (χ1) is 11.3. The maximum atomic E-state index is 12.9. The van der Waals surface area contributed by atoms with E-state index in [1.165, 1.54) is 6.07 Å². The largest absolute Gasteiger partial charge is 0.417 e. The number of nitrogens with zero attached hydrogens (tertiary/aromatic N) is 1. The number of rotatable bonds is 5. The van der Waals surface area contributed by atoms with Gasteiger partial charge in [0.15, 0.2) is 0 Å². The molecule has 1 aromatic rings. The molecule has 0 aliphatic heterocycles. The number of halogens is 6. The Morgan fingerprint density at radius 3 is 2.24 bits per heavy atom. The van der Waals surface area contributed by atoms with Crippen molar-refractivity contribution in [2.45, 2.75) is 37.7 Å². The molecule has 0 aliphatic carbocycles. The Labute approximate surface area is 138 Å². The maximum Gasteiger partial charge on any atom is 0.417 e. The Balaban J connectivity index is 3.04. The molecule has 0 spiro atoms. The number of hydrogen-bond acceptors (Lipinski definition) is 4. The predicted octanol–water partition coefficient (Wildman–Crippen LogP) is 3.08. The molecule has 0 unspecified atom stereocenters. The highest BCUT2D eigenvalue weighted by Crippen LogP contribution is 2.34. The van der Waals surface area contributed by atoms with Crippen molar-refractivity contribution in [1.82, 2.24) is 5.43 Å². The molecule has 0 saturated carbocycles. The zero-order valence-electron chi connectivity index (χ0n) is 12.8. The van der Waals surface area contributed by atoms with Gasteiger partial charge in [-0.25, -0.2) is 5.43 Å². The summed E-state index contributed by atoms with van der Waals surface area (Å²) in [6, 6.07) is 3.78. The molecule has 4 N–H and O–H groups in total. The smallest absolute Gasteiger partial charge is 0.324 e. The van der Waals surface area contributed by atoms with Gasteiger partial charge in [0.05, 0.1) is 17.2 Å². The van der Waals surface area contributed by atoms with Crippen LogP contribution in [-0.2, 0) is 11.0 Å². The fourth-order valence-electron chi connectivity index (χ4n) is 1.87. The molecule has 0 aliphatic rings. The zero-order chi connectivity index (χ0) is 19.5. The number of carbonyl (C=O) groups is 1. The van der Waals surface area contributed by atoms with Gasteiger partial charge >= 0.3 is 12.4 Å². The lowest BCUT2D eigenvalue weighted by atomic mass is 9.95. The lowest BCUT2D eigenvalue weighted by Gasteiger charge is -2.28. The molecule has 25 heavy (non-hydrogen) atoms. The van der Waals surface area contributed by atoms with Gasteiger partial charge in [-0.3, -0.25) is 10.6 Å². The first kappa shape index (κ1) is 20.7. The minimum atomic E-state index is -4.84. The summed E-state index contributed by atoms with van der Waals surface area (Å²) in [7, 11) is 0. The summed E-state index contributed by atoms with van der Waals surface area (Å²) in [5.74, 6) is 4.09. The monoisotopic (exact) mass is 368 g/mol. The van der Waals surface area contributed by atoms with Crippen LogP contribution in [0.4, 0.5) is 32.0 Å². The van der Waals surface area contributed by atoms with Crippen molar-refractivity contribution in [1.29, 1.82) is 5.26 Å². The molecule has 11 heteroatoms. The van der Waals surface area contributed by atoms with Crippen molar-refractivity contribution >= 4 is 11.6 Å². The molecule has 0 heterocycles. The van der Waals surface area contributed by atoms with Gasteiger partial charge < -0.3 is 5.32 Å². The molecule has 0 radical (unpaired) electrons. The van der Waals surface area contributed by atoms with Crippen molar-refractivity contribution in [3.63, 3.8) is 0 Å². The van der Waals surface area contributed by atoms with Crippen LogP contribution in [0.5, 0.6) is 0 Å². The van der Waals surface area contributed by atoms with Gasteiger partial charge in [0, 0.05) is 12.1 Å². The summed E-state index contributed by atoms with van der Waals surface area (Å²) < 4.78 is 75.6. The zero-order valence-corrected chi connectivity index (χ0v) is 12.8. The van der Waals surface area contributed by atoms with Crippen LogP contribution in [0.1, 0.15) is 30.9 Å². The Hall–Kier alpha value is -2.32. The van der Waals surface area contributed by atoms with Crippen LogP contribution in [0, 0.1) is 11.3 Å². The number of nitrogens with two attached hydrogens (primary N) is 1. The first-order valence-corrected chi connectivity index (χ1v) is 6.80. The average Bonchev–Trinajstić information content (AvgIpc) is 2.51. The predicted molar refractivity (Wildman–Crippen MR) is 75.8 cm³/mol. The van der Waals surface area contributed by atoms with Gasteiger partial charge in [0.25, 0.3) is 0 Å².